The van der Waals surface area contributed by atoms with E-state index >= 15 is 0 Å². The molecule has 11 heteroatoms. The number of benzene rings is 3. The van der Waals surface area contributed by atoms with Gasteiger partial charge in [-0.3, -0.25) is 9.59 Å². The lowest BCUT2D eigenvalue weighted by Crippen LogP contribution is -2.22. The molecule has 0 aliphatic rings. The van der Waals surface area contributed by atoms with Crippen LogP contribution in [0.4, 0.5) is 10.1 Å². The minimum absolute atomic E-state index is 0.262. The number of hydrogen-bond donors (Lipinski definition) is 1. The summed E-state index contributed by atoms with van der Waals surface area (Å²) in [7, 11) is 1.48. The minimum Gasteiger partial charge on any atom is -0.493 e. The highest BCUT2D eigenvalue weighted by Gasteiger charge is 2.15. The van der Waals surface area contributed by atoms with Crippen molar-refractivity contribution in [1.82, 2.24) is 9.66 Å². The van der Waals surface area contributed by atoms with E-state index in [1.165, 1.54) is 36.1 Å². The van der Waals surface area contributed by atoms with Crippen molar-refractivity contribution in [2.24, 2.45) is 5.10 Å². The third-order valence-electron chi connectivity index (χ3n) is 5.68. The van der Waals surface area contributed by atoms with Crippen molar-refractivity contribution in [3.05, 3.63) is 91.1 Å². The van der Waals surface area contributed by atoms with Gasteiger partial charge in [0.05, 0.1) is 28.7 Å². The number of aryl methyl sites for hydroxylation is 1. The van der Waals surface area contributed by atoms with Gasteiger partial charge >= 0.3 is 0 Å². The molecule has 1 amide bonds. The quantitative estimate of drug-likeness (QED) is 0.201. The molecule has 0 saturated heterocycles. The molecule has 0 atom stereocenters. The number of hydrogen-bond acceptors (Lipinski definition) is 6. The van der Waals surface area contributed by atoms with Gasteiger partial charge in [-0.1, -0.05) is 29.3 Å². The summed E-state index contributed by atoms with van der Waals surface area (Å²) in [5, 5.41) is 7.57. The zero-order valence-corrected chi connectivity index (χ0v) is 24.4. The van der Waals surface area contributed by atoms with E-state index in [2.05, 4.69) is 54.2 Å². The van der Waals surface area contributed by atoms with Crippen molar-refractivity contribution in [2.45, 2.75) is 26.2 Å². The van der Waals surface area contributed by atoms with Crippen molar-refractivity contribution in [2.75, 3.05) is 19.0 Å². The molecule has 4 rings (SSSR count). The predicted molar refractivity (Wildman–Crippen MR) is 157 cm³/mol. The molecule has 0 bridgehead atoms. The second kappa shape index (κ2) is 13.0. The van der Waals surface area contributed by atoms with Crippen LogP contribution in [-0.2, 0) is 11.2 Å². The monoisotopic (exact) mass is 658 g/mol. The van der Waals surface area contributed by atoms with Crippen LogP contribution in [0.2, 0.25) is 0 Å². The predicted octanol–water partition coefficient (Wildman–Crippen LogP) is 6.31. The first-order valence-electron chi connectivity index (χ1n) is 12.1. The number of amides is 1. The number of rotatable bonds is 10. The van der Waals surface area contributed by atoms with Gasteiger partial charge in [0, 0.05) is 16.6 Å². The highest BCUT2D eigenvalue weighted by Crippen LogP contribution is 2.36. The maximum atomic E-state index is 13.3. The third-order valence-corrected chi connectivity index (χ3v) is 6.76. The number of unbranched alkanes of at least 4 members (excludes halogenated alkanes) is 1. The van der Waals surface area contributed by atoms with Crippen LogP contribution in [0.5, 0.6) is 11.5 Å². The average Bonchev–Trinajstić information content (AvgIpc) is 2.92. The van der Waals surface area contributed by atoms with Gasteiger partial charge in [-0.2, -0.15) is 9.78 Å². The number of carbonyl (C=O) groups is 1. The van der Waals surface area contributed by atoms with Crippen LogP contribution in [0.3, 0.4) is 0 Å². The normalized spacial score (nSPS) is 11.2. The molecule has 4 aromatic rings. The van der Waals surface area contributed by atoms with Gasteiger partial charge in [-0.05, 0) is 82.5 Å². The van der Waals surface area contributed by atoms with E-state index in [1.807, 2.05) is 12.1 Å². The summed E-state index contributed by atoms with van der Waals surface area (Å²) in [6, 6.07) is 14.2. The molecule has 202 valence electrons. The van der Waals surface area contributed by atoms with E-state index < -0.39 is 11.7 Å². The standard InChI is InChI=1S/C28H25Br2FN4O4/c1-3-4-5-25-34-23-11-6-18(29)14-21(23)28(37)35(25)32-15-17-12-22(30)27(24(13-17)38-2)39-16-26(36)33-20-9-7-19(31)8-10-20/h6-15H,3-5,16H2,1-2H3,(H,33,36). The number of nitrogens with one attached hydrogen (secondary N) is 1. The number of aromatic nitrogens is 2. The zero-order valence-electron chi connectivity index (χ0n) is 21.2. The van der Waals surface area contributed by atoms with Crippen LogP contribution in [0.25, 0.3) is 10.9 Å². The van der Waals surface area contributed by atoms with E-state index in [4.69, 9.17) is 9.47 Å². The Morgan fingerprint density at radius 2 is 1.92 bits per heavy atom. The number of methoxy groups -OCH3 is 1. The summed E-state index contributed by atoms with van der Waals surface area (Å²) in [5.74, 6) is 0.441. The molecule has 1 aromatic heterocycles. The zero-order chi connectivity index (χ0) is 27.9. The topological polar surface area (TPSA) is 94.8 Å². The van der Waals surface area contributed by atoms with Gasteiger partial charge in [0.1, 0.15) is 11.6 Å². The van der Waals surface area contributed by atoms with Gasteiger partial charge < -0.3 is 14.8 Å². The highest BCUT2D eigenvalue weighted by molar-refractivity contribution is 9.10. The number of halogens is 3. The van der Waals surface area contributed by atoms with Crippen LogP contribution >= 0.6 is 31.9 Å². The van der Waals surface area contributed by atoms with Gasteiger partial charge in [0.2, 0.25) is 0 Å². The van der Waals surface area contributed by atoms with Crippen molar-refractivity contribution in [3.63, 3.8) is 0 Å². The van der Waals surface area contributed by atoms with Crippen LogP contribution in [0, 0.1) is 5.82 Å². The van der Waals surface area contributed by atoms with E-state index in [9.17, 15) is 14.0 Å². The fraction of sp³-hybridized carbons (Fsp3) is 0.214. The van der Waals surface area contributed by atoms with E-state index in [1.54, 1.807) is 24.4 Å². The Bertz CT molecular complexity index is 1590. The summed E-state index contributed by atoms with van der Waals surface area (Å²) < 4.78 is 26.9. The number of fused-ring (bicyclic) bond motifs is 1. The molecule has 0 aliphatic heterocycles. The van der Waals surface area contributed by atoms with E-state index in [-0.39, 0.29) is 12.2 Å². The Morgan fingerprint density at radius 1 is 1.15 bits per heavy atom. The fourth-order valence-electron chi connectivity index (χ4n) is 3.76. The van der Waals surface area contributed by atoms with E-state index in [0.29, 0.717) is 50.4 Å². The summed E-state index contributed by atoms with van der Waals surface area (Å²) in [5.41, 5.74) is 1.44. The van der Waals surface area contributed by atoms with Crippen molar-refractivity contribution in [1.29, 1.82) is 0 Å². The number of anilines is 1. The molecule has 0 spiro atoms. The number of carbonyl (C=O) groups excluding carboxylic acids is 1. The van der Waals surface area contributed by atoms with Gasteiger partial charge in [-0.25, -0.2) is 9.37 Å². The molecule has 0 aliphatic carbocycles. The molecule has 3 aromatic carbocycles. The van der Waals surface area contributed by atoms with Crippen LogP contribution < -0.4 is 20.3 Å². The Balaban J connectivity index is 1.58. The first-order chi connectivity index (χ1) is 18.8. The van der Waals surface area contributed by atoms with Crippen molar-refractivity contribution >= 4 is 60.6 Å². The molecule has 0 unspecified atom stereocenters. The van der Waals surface area contributed by atoms with E-state index in [0.717, 1.165) is 17.3 Å². The SMILES string of the molecule is CCCCc1nc2ccc(Br)cc2c(=O)n1N=Cc1cc(Br)c(OCC(=O)Nc2ccc(F)cc2)c(OC)c1. The first kappa shape index (κ1) is 28.4. The summed E-state index contributed by atoms with van der Waals surface area (Å²) in [6.07, 6.45) is 3.96. The van der Waals surface area contributed by atoms with Crippen LogP contribution in [0.15, 0.2) is 73.4 Å². The van der Waals surface area contributed by atoms with Crippen molar-refractivity contribution < 1.29 is 18.7 Å². The summed E-state index contributed by atoms with van der Waals surface area (Å²) in [6.45, 7) is 1.78. The first-order valence-corrected chi connectivity index (χ1v) is 13.7. The summed E-state index contributed by atoms with van der Waals surface area (Å²) >= 11 is 6.88. The molecular weight excluding hydrogens is 635 g/mol. The molecule has 39 heavy (non-hydrogen) atoms. The third kappa shape index (κ3) is 7.10. The lowest BCUT2D eigenvalue weighted by Gasteiger charge is -2.14. The highest BCUT2D eigenvalue weighted by atomic mass is 79.9. The van der Waals surface area contributed by atoms with Gasteiger partial charge in [-0.15, -0.1) is 0 Å². The Hall–Kier alpha value is -3.57. The molecule has 0 fully saturated rings. The van der Waals surface area contributed by atoms with Crippen LogP contribution in [-0.4, -0.2) is 35.5 Å². The molecule has 1 N–H and O–H groups in total. The Labute approximate surface area is 241 Å². The lowest BCUT2D eigenvalue weighted by atomic mass is 10.2. The summed E-state index contributed by atoms with van der Waals surface area (Å²) in [4.78, 5) is 30.3. The molecular formula is C28H25Br2FN4O4. The second-order valence-electron chi connectivity index (χ2n) is 8.53. The Kier molecular flexibility index (Phi) is 9.47. The number of nitrogens with zero attached hydrogens (tertiary/aromatic N) is 3. The smallest absolute Gasteiger partial charge is 0.282 e. The average molecular weight is 660 g/mol. The maximum absolute atomic E-state index is 13.3. The van der Waals surface area contributed by atoms with Crippen molar-refractivity contribution in [3.8, 4) is 11.5 Å². The fourth-order valence-corrected chi connectivity index (χ4v) is 4.69. The molecule has 8 nitrogen and oxygen atoms in total. The minimum atomic E-state index is -0.421. The Morgan fingerprint density at radius 3 is 2.64 bits per heavy atom. The molecule has 0 saturated carbocycles. The lowest BCUT2D eigenvalue weighted by molar-refractivity contribution is -0.118. The second-order valence-corrected chi connectivity index (χ2v) is 10.3. The largest absolute Gasteiger partial charge is 0.493 e. The van der Waals surface area contributed by atoms with Gasteiger partial charge in [0.25, 0.3) is 11.5 Å². The molecule has 0 radical (unpaired) electrons. The van der Waals surface area contributed by atoms with Crippen LogP contribution in [0.1, 0.15) is 31.2 Å². The van der Waals surface area contributed by atoms with Gasteiger partial charge in [0.15, 0.2) is 18.1 Å². The number of ether oxygens (including phenoxy) is 2. The maximum Gasteiger partial charge on any atom is 0.282 e. The molecule has 1 heterocycles.